The van der Waals surface area contributed by atoms with Gasteiger partial charge in [0.25, 0.3) is 5.69 Å². The Balaban J connectivity index is 2.78. The van der Waals surface area contributed by atoms with Crippen molar-refractivity contribution in [3.8, 4) is 5.75 Å². The maximum Gasteiger partial charge on any atom is 0.270 e. The number of nitro groups is 1. The molecule has 2 aromatic rings. The van der Waals surface area contributed by atoms with Gasteiger partial charge in [-0.3, -0.25) is 14.9 Å². The van der Waals surface area contributed by atoms with Gasteiger partial charge < -0.3 is 5.11 Å². The van der Waals surface area contributed by atoms with Crippen molar-refractivity contribution in [1.29, 1.82) is 0 Å². The number of hydrogen-bond acceptors (Lipinski definition) is 4. The standard InChI is InChI=1S/C11H7NO4/c13-6-10-9-3-2-8(12(15)16)5-7(9)1-4-11(10)14/h1-6,14H. The highest BCUT2D eigenvalue weighted by Crippen LogP contribution is 2.28. The van der Waals surface area contributed by atoms with E-state index in [1.54, 1.807) is 0 Å². The van der Waals surface area contributed by atoms with Crippen LogP contribution in [0.4, 0.5) is 5.69 Å². The van der Waals surface area contributed by atoms with E-state index in [0.29, 0.717) is 17.1 Å². The van der Waals surface area contributed by atoms with Crippen LogP contribution < -0.4 is 0 Å². The summed E-state index contributed by atoms with van der Waals surface area (Å²) in [6.07, 6.45) is 0.531. The Hall–Kier alpha value is -2.43. The summed E-state index contributed by atoms with van der Waals surface area (Å²) in [6, 6.07) is 6.99. The van der Waals surface area contributed by atoms with Crippen LogP contribution in [-0.4, -0.2) is 16.3 Å². The summed E-state index contributed by atoms with van der Waals surface area (Å²) in [4.78, 5) is 20.8. The molecule has 16 heavy (non-hydrogen) atoms. The first-order valence-corrected chi connectivity index (χ1v) is 4.49. The first-order chi connectivity index (χ1) is 7.63. The van der Waals surface area contributed by atoms with Crippen molar-refractivity contribution in [3.05, 3.63) is 46.0 Å². The van der Waals surface area contributed by atoms with E-state index in [0.717, 1.165) is 0 Å². The molecule has 1 N–H and O–H groups in total. The molecule has 0 amide bonds. The van der Waals surface area contributed by atoms with E-state index in [4.69, 9.17) is 0 Å². The minimum atomic E-state index is -0.507. The molecule has 0 aliphatic rings. The topological polar surface area (TPSA) is 80.4 Å². The first-order valence-electron chi connectivity index (χ1n) is 4.49. The van der Waals surface area contributed by atoms with Crippen molar-refractivity contribution in [2.45, 2.75) is 0 Å². The SMILES string of the molecule is O=Cc1c(O)ccc2cc([N+](=O)[O-])ccc12. The predicted octanol–water partition coefficient (Wildman–Crippen LogP) is 2.27. The number of fused-ring (bicyclic) bond motifs is 1. The molecule has 0 aliphatic heterocycles. The van der Waals surface area contributed by atoms with Crippen LogP contribution in [0.2, 0.25) is 0 Å². The summed E-state index contributed by atoms with van der Waals surface area (Å²) in [5.41, 5.74) is 0.0995. The average Bonchev–Trinajstić information content (AvgIpc) is 2.28. The molecule has 2 rings (SSSR count). The Morgan fingerprint density at radius 1 is 1.25 bits per heavy atom. The van der Waals surface area contributed by atoms with Crippen LogP contribution in [0, 0.1) is 10.1 Å². The molecule has 0 atom stereocenters. The van der Waals surface area contributed by atoms with E-state index >= 15 is 0 Å². The first kappa shape index (κ1) is 10.1. The number of nitro benzene ring substituents is 1. The second kappa shape index (κ2) is 3.62. The number of phenolic OH excluding ortho intramolecular Hbond substituents is 1. The number of rotatable bonds is 2. The van der Waals surface area contributed by atoms with Gasteiger partial charge in [-0.2, -0.15) is 0 Å². The highest BCUT2D eigenvalue weighted by Gasteiger charge is 2.10. The summed E-state index contributed by atoms with van der Waals surface area (Å²) >= 11 is 0. The number of benzene rings is 2. The lowest BCUT2D eigenvalue weighted by molar-refractivity contribution is -0.384. The van der Waals surface area contributed by atoms with Crippen molar-refractivity contribution >= 4 is 22.7 Å². The monoisotopic (exact) mass is 217 g/mol. The van der Waals surface area contributed by atoms with Gasteiger partial charge in [-0.15, -0.1) is 0 Å². The Morgan fingerprint density at radius 3 is 2.62 bits per heavy atom. The molecule has 80 valence electrons. The maximum atomic E-state index is 10.8. The van der Waals surface area contributed by atoms with Crippen LogP contribution in [0.5, 0.6) is 5.75 Å². The van der Waals surface area contributed by atoms with Crippen LogP contribution in [0.3, 0.4) is 0 Å². The molecule has 0 spiro atoms. The summed E-state index contributed by atoms with van der Waals surface area (Å²) in [5, 5.41) is 21.0. The van der Waals surface area contributed by atoms with Gasteiger partial charge in [0.1, 0.15) is 5.75 Å². The highest BCUT2D eigenvalue weighted by atomic mass is 16.6. The third kappa shape index (κ3) is 1.48. The highest BCUT2D eigenvalue weighted by molar-refractivity contribution is 6.01. The molecule has 0 saturated heterocycles. The lowest BCUT2D eigenvalue weighted by Crippen LogP contribution is -1.89. The smallest absolute Gasteiger partial charge is 0.270 e. The third-order valence-corrected chi connectivity index (χ3v) is 2.35. The molecule has 0 radical (unpaired) electrons. The molecule has 0 heterocycles. The van der Waals surface area contributed by atoms with Crippen molar-refractivity contribution in [3.63, 3.8) is 0 Å². The van der Waals surface area contributed by atoms with Crippen molar-refractivity contribution in [2.24, 2.45) is 0 Å². The van der Waals surface area contributed by atoms with Gasteiger partial charge in [-0.25, -0.2) is 0 Å². The van der Waals surface area contributed by atoms with Crippen LogP contribution in [0.1, 0.15) is 10.4 Å². The Labute approximate surface area is 90.1 Å². The molecule has 5 heteroatoms. The minimum Gasteiger partial charge on any atom is -0.507 e. The quantitative estimate of drug-likeness (QED) is 0.475. The molecular weight excluding hydrogens is 210 g/mol. The Morgan fingerprint density at radius 2 is 2.00 bits per heavy atom. The number of nitrogens with zero attached hydrogens (tertiary/aromatic N) is 1. The van der Waals surface area contributed by atoms with E-state index in [-0.39, 0.29) is 17.0 Å². The number of aromatic hydroxyl groups is 1. The van der Waals surface area contributed by atoms with E-state index in [1.807, 2.05) is 0 Å². The molecule has 0 unspecified atom stereocenters. The number of phenols is 1. The fourth-order valence-electron chi connectivity index (χ4n) is 1.57. The second-order valence-electron chi connectivity index (χ2n) is 3.28. The molecular formula is C11H7NO4. The van der Waals surface area contributed by atoms with E-state index in [9.17, 15) is 20.0 Å². The minimum absolute atomic E-state index is 0.0463. The van der Waals surface area contributed by atoms with Gasteiger partial charge in [0.15, 0.2) is 6.29 Å². The van der Waals surface area contributed by atoms with Crippen LogP contribution in [-0.2, 0) is 0 Å². The number of non-ortho nitro benzene ring substituents is 1. The predicted molar refractivity (Wildman–Crippen MR) is 57.7 cm³/mol. The largest absolute Gasteiger partial charge is 0.507 e. The number of carbonyl (C=O) groups excluding carboxylic acids is 1. The van der Waals surface area contributed by atoms with Gasteiger partial charge in [-0.05, 0) is 22.9 Å². The average molecular weight is 217 g/mol. The molecule has 2 aromatic carbocycles. The Kier molecular flexibility index (Phi) is 2.28. The van der Waals surface area contributed by atoms with Crippen molar-refractivity contribution in [1.82, 2.24) is 0 Å². The number of carbonyl (C=O) groups is 1. The van der Waals surface area contributed by atoms with E-state index in [2.05, 4.69) is 0 Å². The second-order valence-corrected chi connectivity index (χ2v) is 3.28. The normalized spacial score (nSPS) is 10.2. The third-order valence-electron chi connectivity index (χ3n) is 2.35. The van der Waals surface area contributed by atoms with E-state index in [1.165, 1.54) is 30.3 Å². The van der Waals surface area contributed by atoms with Crippen LogP contribution >= 0.6 is 0 Å². The zero-order valence-corrected chi connectivity index (χ0v) is 8.08. The van der Waals surface area contributed by atoms with Crippen LogP contribution in [0.15, 0.2) is 30.3 Å². The van der Waals surface area contributed by atoms with Crippen LogP contribution in [0.25, 0.3) is 10.8 Å². The van der Waals surface area contributed by atoms with Gasteiger partial charge in [0.2, 0.25) is 0 Å². The molecule has 0 aromatic heterocycles. The summed E-state index contributed by atoms with van der Waals surface area (Å²) in [7, 11) is 0. The van der Waals surface area contributed by atoms with Gasteiger partial charge in [-0.1, -0.05) is 6.07 Å². The number of hydrogen-bond donors (Lipinski definition) is 1. The Bertz CT molecular complexity index is 592. The van der Waals surface area contributed by atoms with Gasteiger partial charge >= 0.3 is 0 Å². The molecule has 0 fully saturated rings. The fourth-order valence-corrected chi connectivity index (χ4v) is 1.57. The fraction of sp³-hybridized carbons (Fsp3) is 0. The maximum absolute atomic E-state index is 10.8. The lowest BCUT2D eigenvalue weighted by atomic mass is 10.0. The zero-order chi connectivity index (χ0) is 11.7. The summed E-state index contributed by atoms with van der Waals surface area (Å²) in [5.74, 6) is -0.128. The zero-order valence-electron chi connectivity index (χ0n) is 8.08. The van der Waals surface area contributed by atoms with Crippen molar-refractivity contribution in [2.75, 3.05) is 0 Å². The van der Waals surface area contributed by atoms with E-state index < -0.39 is 4.92 Å². The molecule has 0 saturated carbocycles. The molecule has 0 aliphatic carbocycles. The van der Waals surface area contributed by atoms with Gasteiger partial charge in [0.05, 0.1) is 10.5 Å². The molecule has 0 bridgehead atoms. The van der Waals surface area contributed by atoms with Crippen molar-refractivity contribution < 1.29 is 14.8 Å². The number of aldehydes is 1. The lowest BCUT2D eigenvalue weighted by Gasteiger charge is -2.02. The summed E-state index contributed by atoms with van der Waals surface area (Å²) < 4.78 is 0. The summed E-state index contributed by atoms with van der Waals surface area (Å²) in [6.45, 7) is 0. The van der Waals surface area contributed by atoms with Gasteiger partial charge in [0, 0.05) is 12.1 Å². The molecule has 5 nitrogen and oxygen atoms in total.